The summed E-state index contributed by atoms with van der Waals surface area (Å²) in [6.45, 7) is 4.83. The fraction of sp³-hybridized carbons (Fsp3) is 0.391. The topological polar surface area (TPSA) is 111 Å². The molecule has 10 heteroatoms. The highest BCUT2D eigenvalue weighted by molar-refractivity contribution is 5.93. The minimum Gasteiger partial charge on any atom is -0.394 e. The SMILES string of the molecule is Cc1cc(-c2ncn(C[C@H]3CO[C@H](CO)CO3)n2)cc(C(=O)NCc2ccc(F)c(C)c2)n1. The third-order valence-electron chi connectivity index (χ3n) is 5.29. The van der Waals surface area contributed by atoms with Crippen LogP contribution in [0.2, 0.25) is 0 Å². The van der Waals surface area contributed by atoms with Crippen molar-refractivity contribution in [2.75, 3.05) is 19.8 Å². The molecule has 174 valence electrons. The summed E-state index contributed by atoms with van der Waals surface area (Å²) in [5, 5.41) is 16.4. The van der Waals surface area contributed by atoms with Crippen molar-refractivity contribution in [3.63, 3.8) is 0 Å². The monoisotopic (exact) mass is 455 g/mol. The Labute approximate surface area is 190 Å². The number of carbonyl (C=O) groups is 1. The fourth-order valence-corrected chi connectivity index (χ4v) is 3.52. The maximum absolute atomic E-state index is 13.4. The summed E-state index contributed by atoms with van der Waals surface area (Å²) in [7, 11) is 0. The molecule has 0 bridgehead atoms. The smallest absolute Gasteiger partial charge is 0.270 e. The summed E-state index contributed by atoms with van der Waals surface area (Å²) in [5.74, 6) is -0.153. The van der Waals surface area contributed by atoms with Gasteiger partial charge in [-0.2, -0.15) is 5.10 Å². The second-order valence-electron chi connectivity index (χ2n) is 8.03. The minimum atomic E-state index is -0.340. The molecule has 0 unspecified atom stereocenters. The molecule has 3 aromatic rings. The van der Waals surface area contributed by atoms with Crippen LogP contribution in [-0.4, -0.2) is 62.8 Å². The zero-order valence-electron chi connectivity index (χ0n) is 18.5. The number of nitrogens with one attached hydrogen (secondary N) is 1. The Kier molecular flexibility index (Phi) is 7.07. The Hall–Kier alpha value is -3.21. The maximum Gasteiger partial charge on any atom is 0.270 e. The van der Waals surface area contributed by atoms with Gasteiger partial charge >= 0.3 is 0 Å². The van der Waals surface area contributed by atoms with Crippen LogP contribution in [0.15, 0.2) is 36.7 Å². The van der Waals surface area contributed by atoms with Crippen LogP contribution < -0.4 is 5.32 Å². The molecule has 0 spiro atoms. The fourth-order valence-electron chi connectivity index (χ4n) is 3.52. The van der Waals surface area contributed by atoms with E-state index in [4.69, 9.17) is 14.6 Å². The molecule has 1 aliphatic rings. The lowest BCUT2D eigenvalue weighted by Crippen LogP contribution is -2.39. The number of carbonyl (C=O) groups excluding carboxylic acids is 1. The molecular weight excluding hydrogens is 429 g/mol. The van der Waals surface area contributed by atoms with Crippen LogP contribution in [0.3, 0.4) is 0 Å². The molecule has 3 heterocycles. The molecule has 0 saturated carbocycles. The summed E-state index contributed by atoms with van der Waals surface area (Å²) in [5.41, 5.74) is 2.91. The highest BCUT2D eigenvalue weighted by Gasteiger charge is 2.22. The Morgan fingerprint density at radius 2 is 2.00 bits per heavy atom. The zero-order chi connectivity index (χ0) is 23.4. The summed E-state index contributed by atoms with van der Waals surface area (Å²) in [6, 6.07) is 8.18. The molecule has 1 aliphatic heterocycles. The highest BCUT2D eigenvalue weighted by atomic mass is 19.1. The van der Waals surface area contributed by atoms with Crippen molar-refractivity contribution in [1.82, 2.24) is 25.1 Å². The molecule has 33 heavy (non-hydrogen) atoms. The van der Waals surface area contributed by atoms with Crippen LogP contribution in [0, 0.1) is 19.7 Å². The number of aryl methyl sites for hydroxylation is 2. The van der Waals surface area contributed by atoms with Crippen LogP contribution in [-0.2, 0) is 22.6 Å². The van der Waals surface area contributed by atoms with Gasteiger partial charge in [0.15, 0.2) is 5.82 Å². The normalized spacial score (nSPS) is 18.3. The lowest BCUT2D eigenvalue weighted by atomic mass is 10.1. The number of rotatable bonds is 7. The predicted molar refractivity (Wildman–Crippen MR) is 117 cm³/mol. The van der Waals surface area contributed by atoms with Gasteiger partial charge in [-0.05, 0) is 43.2 Å². The molecular formula is C23H26FN5O4. The second-order valence-corrected chi connectivity index (χ2v) is 8.03. The van der Waals surface area contributed by atoms with Gasteiger partial charge in [0.2, 0.25) is 0 Å². The van der Waals surface area contributed by atoms with Gasteiger partial charge < -0.3 is 19.9 Å². The number of nitrogens with zero attached hydrogens (tertiary/aromatic N) is 4. The average molecular weight is 455 g/mol. The third kappa shape index (κ3) is 5.78. The van der Waals surface area contributed by atoms with E-state index >= 15 is 0 Å². The van der Waals surface area contributed by atoms with E-state index in [2.05, 4.69) is 20.4 Å². The number of benzene rings is 1. The lowest BCUT2D eigenvalue weighted by molar-refractivity contribution is -0.149. The quantitative estimate of drug-likeness (QED) is 0.559. The lowest BCUT2D eigenvalue weighted by Gasteiger charge is -2.28. The first kappa shape index (κ1) is 23.0. The van der Waals surface area contributed by atoms with Crippen LogP contribution in [0.4, 0.5) is 4.39 Å². The van der Waals surface area contributed by atoms with E-state index in [1.54, 1.807) is 43.1 Å². The van der Waals surface area contributed by atoms with Crippen LogP contribution in [0.25, 0.3) is 11.4 Å². The number of aliphatic hydroxyl groups is 1. The van der Waals surface area contributed by atoms with Gasteiger partial charge in [0, 0.05) is 17.8 Å². The summed E-state index contributed by atoms with van der Waals surface area (Å²) < 4.78 is 26.3. The van der Waals surface area contributed by atoms with E-state index in [0.29, 0.717) is 42.4 Å². The Morgan fingerprint density at radius 3 is 2.73 bits per heavy atom. The largest absolute Gasteiger partial charge is 0.394 e. The standard InChI is InChI=1S/C23H26FN5O4/c1-14-5-16(3-4-20(14)24)8-25-23(31)21-7-17(6-15(2)27-21)22-26-13-29(28-22)9-18-11-33-19(10-30)12-32-18/h3-7,13,18-19,30H,8-12H2,1-2H3,(H,25,31)/t18-,19+/m0/s1. The number of ether oxygens (including phenoxy) is 2. The number of pyridine rings is 1. The van der Waals surface area contributed by atoms with Gasteiger partial charge in [0.1, 0.15) is 30.0 Å². The Balaban J connectivity index is 1.41. The third-order valence-corrected chi connectivity index (χ3v) is 5.29. The zero-order valence-corrected chi connectivity index (χ0v) is 18.5. The first-order valence-corrected chi connectivity index (χ1v) is 10.7. The van der Waals surface area contributed by atoms with E-state index in [1.807, 2.05) is 6.07 Å². The molecule has 0 radical (unpaired) electrons. The van der Waals surface area contributed by atoms with Gasteiger partial charge in [-0.25, -0.2) is 19.0 Å². The highest BCUT2D eigenvalue weighted by Crippen LogP contribution is 2.18. The molecule has 0 aliphatic carbocycles. The number of aliphatic hydroxyl groups excluding tert-OH is 1. The van der Waals surface area contributed by atoms with Crippen molar-refractivity contribution < 1.29 is 23.8 Å². The second kappa shape index (κ2) is 10.2. The van der Waals surface area contributed by atoms with Crippen molar-refractivity contribution in [2.24, 2.45) is 0 Å². The van der Waals surface area contributed by atoms with Crippen molar-refractivity contribution in [3.8, 4) is 11.4 Å². The maximum atomic E-state index is 13.4. The van der Waals surface area contributed by atoms with Gasteiger partial charge in [-0.1, -0.05) is 12.1 Å². The van der Waals surface area contributed by atoms with Crippen molar-refractivity contribution in [3.05, 3.63) is 65.0 Å². The van der Waals surface area contributed by atoms with Crippen LogP contribution in [0.5, 0.6) is 0 Å². The van der Waals surface area contributed by atoms with Gasteiger partial charge in [0.25, 0.3) is 5.91 Å². The van der Waals surface area contributed by atoms with Gasteiger partial charge in [-0.3, -0.25) is 4.79 Å². The number of halogens is 1. The van der Waals surface area contributed by atoms with E-state index in [-0.39, 0.29) is 42.8 Å². The van der Waals surface area contributed by atoms with Gasteiger partial charge in [-0.15, -0.1) is 0 Å². The number of aromatic nitrogens is 4. The van der Waals surface area contributed by atoms with Crippen molar-refractivity contribution in [2.45, 2.75) is 39.1 Å². The molecule has 1 aromatic carbocycles. The summed E-state index contributed by atoms with van der Waals surface area (Å²) >= 11 is 0. The molecule has 1 fully saturated rings. The van der Waals surface area contributed by atoms with E-state index in [0.717, 1.165) is 5.56 Å². The Bertz CT molecular complexity index is 1130. The van der Waals surface area contributed by atoms with Gasteiger partial charge in [0.05, 0.1) is 26.4 Å². The first-order chi connectivity index (χ1) is 15.9. The number of hydrogen-bond acceptors (Lipinski definition) is 7. The predicted octanol–water partition coefficient (Wildman–Crippen LogP) is 1.80. The molecule has 2 N–H and O–H groups in total. The van der Waals surface area contributed by atoms with Crippen molar-refractivity contribution in [1.29, 1.82) is 0 Å². The number of hydrogen-bond donors (Lipinski definition) is 2. The molecule has 1 amide bonds. The first-order valence-electron chi connectivity index (χ1n) is 10.7. The average Bonchev–Trinajstić information content (AvgIpc) is 3.28. The van der Waals surface area contributed by atoms with Crippen LogP contribution in [0.1, 0.15) is 27.3 Å². The molecule has 1 saturated heterocycles. The number of amides is 1. The molecule has 2 atom stereocenters. The molecule has 9 nitrogen and oxygen atoms in total. The van der Waals surface area contributed by atoms with E-state index in [1.165, 1.54) is 6.07 Å². The Morgan fingerprint density at radius 1 is 1.21 bits per heavy atom. The molecule has 2 aromatic heterocycles. The van der Waals surface area contributed by atoms with Crippen LogP contribution >= 0.6 is 0 Å². The summed E-state index contributed by atoms with van der Waals surface area (Å²) in [4.78, 5) is 21.4. The minimum absolute atomic E-state index is 0.0684. The summed E-state index contributed by atoms with van der Waals surface area (Å²) in [6.07, 6.45) is 1.13. The molecule has 4 rings (SSSR count). The van der Waals surface area contributed by atoms with E-state index in [9.17, 15) is 9.18 Å². The van der Waals surface area contributed by atoms with E-state index < -0.39 is 0 Å². The van der Waals surface area contributed by atoms with Crippen molar-refractivity contribution >= 4 is 5.91 Å².